The van der Waals surface area contributed by atoms with E-state index in [9.17, 15) is 12.8 Å². The molecular weight excluding hydrogens is 472 g/mol. The van der Waals surface area contributed by atoms with Crippen LogP contribution in [0.4, 0.5) is 4.39 Å². The fourth-order valence-corrected chi connectivity index (χ4v) is 2.83. The number of hydrogen-bond donors (Lipinski definition) is 2. The van der Waals surface area contributed by atoms with Gasteiger partial charge in [-0.25, -0.2) is 17.8 Å². The molecule has 0 radical (unpaired) electrons. The molecule has 26 heavy (non-hydrogen) atoms. The summed E-state index contributed by atoms with van der Waals surface area (Å²) in [5, 5.41) is 6.29. The van der Waals surface area contributed by atoms with Crippen molar-refractivity contribution in [3.05, 3.63) is 30.1 Å². The third-order valence-corrected chi connectivity index (χ3v) is 4.27. The van der Waals surface area contributed by atoms with Gasteiger partial charge in [-0.05, 0) is 39.3 Å². The smallest absolute Gasteiger partial charge is 0.191 e. The Bertz CT molecular complexity index is 671. The molecule has 1 aromatic carbocycles. The van der Waals surface area contributed by atoms with E-state index in [4.69, 9.17) is 4.74 Å². The van der Waals surface area contributed by atoms with Crippen LogP contribution < -0.4 is 15.4 Å². The first-order valence-electron chi connectivity index (χ1n) is 8.34. The van der Waals surface area contributed by atoms with Crippen LogP contribution in [0.15, 0.2) is 29.3 Å². The Labute approximate surface area is 172 Å². The van der Waals surface area contributed by atoms with Gasteiger partial charge in [-0.3, -0.25) is 0 Å². The first-order valence-corrected chi connectivity index (χ1v) is 10.4. The van der Waals surface area contributed by atoms with Crippen molar-refractivity contribution in [1.82, 2.24) is 10.6 Å². The zero-order valence-electron chi connectivity index (χ0n) is 15.7. The van der Waals surface area contributed by atoms with Gasteiger partial charge in [0.1, 0.15) is 27.5 Å². The highest BCUT2D eigenvalue weighted by atomic mass is 127. The minimum absolute atomic E-state index is 0. The van der Waals surface area contributed by atoms with Crippen LogP contribution in [-0.2, 0) is 9.84 Å². The lowest BCUT2D eigenvalue weighted by Crippen LogP contribution is -2.43. The number of rotatable bonds is 9. The second-order valence-corrected chi connectivity index (χ2v) is 8.33. The number of hydrogen-bond acceptors (Lipinski definition) is 4. The molecule has 2 atom stereocenters. The Morgan fingerprint density at radius 3 is 2.62 bits per heavy atom. The Kier molecular flexibility index (Phi) is 11.8. The van der Waals surface area contributed by atoms with Gasteiger partial charge in [-0.2, -0.15) is 0 Å². The largest absolute Gasteiger partial charge is 0.489 e. The number of halogens is 2. The van der Waals surface area contributed by atoms with Gasteiger partial charge in [0, 0.05) is 24.9 Å². The predicted octanol–water partition coefficient (Wildman–Crippen LogP) is 2.59. The highest BCUT2D eigenvalue weighted by Crippen LogP contribution is 2.13. The van der Waals surface area contributed by atoms with Crippen LogP contribution in [0.2, 0.25) is 0 Å². The first kappa shape index (κ1) is 24.9. The third-order valence-electron chi connectivity index (χ3n) is 3.29. The van der Waals surface area contributed by atoms with Gasteiger partial charge in [0.25, 0.3) is 0 Å². The van der Waals surface area contributed by atoms with Gasteiger partial charge < -0.3 is 15.4 Å². The summed E-state index contributed by atoms with van der Waals surface area (Å²) in [5.41, 5.74) is 0. The molecule has 0 aromatic heterocycles. The molecule has 0 bridgehead atoms. The second-order valence-electron chi connectivity index (χ2n) is 6.07. The summed E-state index contributed by atoms with van der Waals surface area (Å²) in [6, 6.07) is 5.94. The Hall–Kier alpha value is -1.10. The Morgan fingerprint density at radius 1 is 1.35 bits per heavy atom. The van der Waals surface area contributed by atoms with Crippen molar-refractivity contribution >= 4 is 39.8 Å². The maximum atomic E-state index is 13.2. The molecule has 0 aliphatic rings. The summed E-state index contributed by atoms with van der Waals surface area (Å²) in [6.07, 6.45) is 1.49. The molecule has 9 heteroatoms. The lowest BCUT2D eigenvalue weighted by Gasteiger charge is -2.19. The molecule has 0 heterocycles. The van der Waals surface area contributed by atoms with Crippen LogP contribution in [0.25, 0.3) is 0 Å². The number of guanidine groups is 1. The van der Waals surface area contributed by atoms with Crippen LogP contribution in [0, 0.1) is 5.82 Å². The zero-order valence-corrected chi connectivity index (χ0v) is 18.8. The average Bonchev–Trinajstić information content (AvgIpc) is 2.50. The van der Waals surface area contributed by atoms with Gasteiger partial charge >= 0.3 is 0 Å². The highest BCUT2D eigenvalue weighted by Gasteiger charge is 2.10. The molecule has 6 nitrogen and oxygen atoms in total. The summed E-state index contributed by atoms with van der Waals surface area (Å²) < 4.78 is 41.3. The second kappa shape index (κ2) is 12.3. The van der Waals surface area contributed by atoms with Crippen LogP contribution >= 0.6 is 24.0 Å². The summed E-state index contributed by atoms with van der Waals surface area (Å²) in [6.45, 7) is 6.77. The molecule has 0 fully saturated rings. The molecule has 1 rings (SSSR count). The maximum absolute atomic E-state index is 13.2. The van der Waals surface area contributed by atoms with Crippen molar-refractivity contribution in [3.8, 4) is 5.75 Å². The molecule has 0 aliphatic heterocycles. The first-order chi connectivity index (χ1) is 11.7. The van der Waals surface area contributed by atoms with Crippen molar-refractivity contribution in [2.75, 3.05) is 25.1 Å². The van der Waals surface area contributed by atoms with Crippen LogP contribution in [0.1, 0.15) is 27.2 Å². The van der Waals surface area contributed by atoms with Crippen LogP contribution in [0.5, 0.6) is 5.75 Å². The summed E-state index contributed by atoms with van der Waals surface area (Å²) in [7, 11) is -2.98. The lowest BCUT2D eigenvalue weighted by molar-refractivity contribution is 0.229. The number of sulfone groups is 1. The molecule has 0 amide bonds. The lowest BCUT2D eigenvalue weighted by atomic mass is 10.3. The number of benzene rings is 1. The third kappa shape index (κ3) is 11.5. The minimum atomic E-state index is -2.98. The number of nitrogens with zero attached hydrogens (tertiary/aromatic N) is 1. The van der Waals surface area contributed by atoms with Gasteiger partial charge in [-0.1, -0.05) is 6.07 Å². The van der Waals surface area contributed by atoms with E-state index in [0.29, 0.717) is 31.2 Å². The van der Waals surface area contributed by atoms with Crippen molar-refractivity contribution < 1.29 is 17.5 Å². The van der Waals surface area contributed by atoms with Gasteiger partial charge in [0.05, 0.1) is 12.3 Å². The fourth-order valence-electron chi connectivity index (χ4n) is 2.05. The monoisotopic (exact) mass is 501 g/mol. The van der Waals surface area contributed by atoms with E-state index in [1.807, 2.05) is 20.8 Å². The maximum Gasteiger partial charge on any atom is 0.191 e. The van der Waals surface area contributed by atoms with Crippen molar-refractivity contribution in [1.29, 1.82) is 0 Å². The normalized spacial score (nSPS) is 14.1. The zero-order chi connectivity index (χ0) is 18.9. The SMILES string of the molecule is CCNC(=NCC(C)Oc1cccc(F)c1)NC(C)CCS(C)(=O)=O.I. The fraction of sp³-hybridized carbons (Fsp3) is 0.588. The van der Waals surface area contributed by atoms with Crippen molar-refractivity contribution in [2.24, 2.45) is 4.99 Å². The molecule has 2 unspecified atom stereocenters. The van der Waals surface area contributed by atoms with Crippen LogP contribution in [-0.4, -0.2) is 51.6 Å². The van der Waals surface area contributed by atoms with E-state index < -0.39 is 9.84 Å². The average molecular weight is 501 g/mol. The van der Waals surface area contributed by atoms with E-state index in [-0.39, 0.29) is 47.7 Å². The summed E-state index contributed by atoms with van der Waals surface area (Å²) >= 11 is 0. The number of ether oxygens (including phenoxy) is 1. The molecule has 0 spiro atoms. The number of aliphatic imine (C=N–C) groups is 1. The van der Waals surface area contributed by atoms with Gasteiger partial charge in [0.2, 0.25) is 0 Å². The molecule has 1 aromatic rings. The van der Waals surface area contributed by atoms with E-state index in [0.717, 1.165) is 0 Å². The van der Waals surface area contributed by atoms with Gasteiger partial charge in [-0.15, -0.1) is 24.0 Å². The minimum Gasteiger partial charge on any atom is -0.489 e. The van der Waals surface area contributed by atoms with Crippen molar-refractivity contribution in [3.63, 3.8) is 0 Å². The number of nitrogens with one attached hydrogen (secondary N) is 2. The molecule has 0 aliphatic carbocycles. The molecule has 0 saturated carbocycles. The van der Waals surface area contributed by atoms with E-state index in [1.54, 1.807) is 12.1 Å². The van der Waals surface area contributed by atoms with Crippen molar-refractivity contribution in [2.45, 2.75) is 39.3 Å². The van der Waals surface area contributed by atoms with Gasteiger partial charge in [0.15, 0.2) is 5.96 Å². The van der Waals surface area contributed by atoms with E-state index in [2.05, 4.69) is 15.6 Å². The predicted molar refractivity (Wildman–Crippen MR) is 115 cm³/mol. The van der Waals surface area contributed by atoms with E-state index >= 15 is 0 Å². The quantitative estimate of drug-likeness (QED) is 0.309. The highest BCUT2D eigenvalue weighted by molar-refractivity contribution is 14.0. The topological polar surface area (TPSA) is 79.8 Å². The Balaban J connectivity index is 0.00000625. The molecule has 150 valence electrons. The molecular formula is C17H29FIN3O3S. The summed E-state index contributed by atoms with van der Waals surface area (Å²) in [4.78, 5) is 4.44. The summed E-state index contributed by atoms with van der Waals surface area (Å²) in [5.74, 6) is 0.836. The van der Waals surface area contributed by atoms with E-state index in [1.165, 1.54) is 18.4 Å². The molecule has 2 N–H and O–H groups in total. The Morgan fingerprint density at radius 2 is 2.04 bits per heavy atom. The van der Waals surface area contributed by atoms with Crippen LogP contribution in [0.3, 0.4) is 0 Å². The standard InChI is InChI=1S/C17H28FN3O3S.HI/c1-5-19-17(21-13(2)9-10-25(4,22)23)20-12-14(3)24-16-8-6-7-15(18)11-16;/h6-8,11,13-14H,5,9-10,12H2,1-4H3,(H2,19,20,21);1H. The molecule has 0 saturated heterocycles.